The Kier molecular flexibility index (Phi) is 4.64. The molecule has 0 fully saturated rings. The highest BCUT2D eigenvalue weighted by atomic mass is 32.2. The number of nitrogens with two attached hydrogens (primary N) is 1. The molecule has 0 amide bonds. The van der Waals surface area contributed by atoms with Crippen molar-refractivity contribution in [3.63, 3.8) is 0 Å². The second-order valence-electron chi connectivity index (χ2n) is 5.75. The fourth-order valence-electron chi connectivity index (χ4n) is 2.94. The topological polar surface area (TPSA) is 69.4 Å². The van der Waals surface area contributed by atoms with Crippen molar-refractivity contribution in [2.75, 3.05) is 0 Å². The lowest BCUT2D eigenvalue weighted by Crippen LogP contribution is -2.35. The van der Waals surface area contributed by atoms with Gasteiger partial charge in [-0.2, -0.15) is 0 Å². The van der Waals surface area contributed by atoms with Gasteiger partial charge in [-0.25, -0.2) is 4.79 Å². The molecule has 0 saturated carbocycles. The van der Waals surface area contributed by atoms with Gasteiger partial charge in [0.15, 0.2) is 5.78 Å². The van der Waals surface area contributed by atoms with E-state index in [1.54, 1.807) is 0 Å². The monoisotopic (exact) mass is 317 g/mol. The van der Waals surface area contributed by atoms with Gasteiger partial charge in [0.1, 0.15) is 6.04 Å². The third kappa shape index (κ3) is 3.25. The molecular formula is C17H19NO3S. The highest BCUT2D eigenvalue weighted by Crippen LogP contribution is 2.38. The third-order valence-corrected chi connectivity index (χ3v) is 5.07. The number of ketones is 1. The number of hydrogen-bond acceptors (Lipinski definition) is 5. The van der Waals surface area contributed by atoms with Crippen LogP contribution in [-0.4, -0.2) is 17.8 Å². The molecule has 1 aromatic rings. The SMILES string of the molecule is NC1Cc2ccccc2C(CC(=O)C2=CCCC2)SOC1=O. The fraction of sp³-hybridized carbons (Fsp3) is 0.412. The zero-order valence-electron chi connectivity index (χ0n) is 12.3. The van der Waals surface area contributed by atoms with Crippen LogP contribution in [0.5, 0.6) is 0 Å². The summed E-state index contributed by atoms with van der Waals surface area (Å²) in [6, 6.07) is 7.20. The first-order chi connectivity index (χ1) is 10.6. The maximum Gasteiger partial charge on any atom is 0.335 e. The van der Waals surface area contributed by atoms with E-state index in [2.05, 4.69) is 0 Å². The third-order valence-electron chi connectivity index (χ3n) is 4.16. The van der Waals surface area contributed by atoms with Crippen molar-refractivity contribution in [2.24, 2.45) is 5.73 Å². The van der Waals surface area contributed by atoms with Gasteiger partial charge in [0.05, 0.1) is 17.3 Å². The van der Waals surface area contributed by atoms with Gasteiger partial charge in [0, 0.05) is 6.42 Å². The Morgan fingerprint density at radius 1 is 1.36 bits per heavy atom. The Hall–Kier alpha value is -1.59. The Labute approximate surface area is 134 Å². The van der Waals surface area contributed by atoms with Crippen LogP contribution in [0.25, 0.3) is 0 Å². The molecule has 22 heavy (non-hydrogen) atoms. The van der Waals surface area contributed by atoms with Crippen LogP contribution < -0.4 is 5.73 Å². The maximum atomic E-state index is 12.4. The molecule has 2 unspecified atom stereocenters. The van der Waals surface area contributed by atoms with Gasteiger partial charge in [-0.05, 0) is 42.4 Å². The summed E-state index contributed by atoms with van der Waals surface area (Å²) < 4.78 is 5.21. The van der Waals surface area contributed by atoms with Crippen LogP contribution in [0.2, 0.25) is 0 Å². The van der Waals surface area contributed by atoms with Crippen molar-refractivity contribution in [2.45, 2.75) is 43.4 Å². The standard InChI is InChI=1S/C17H19NO3S/c18-14-9-12-7-3-4-8-13(12)16(22-21-17(14)20)10-15(19)11-5-1-2-6-11/h3-5,7-8,14,16H,1-2,6,9-10,18H2. The predicted molar refractivity (Wildman–Crippen MR) is 86.1 cm³/mol. The van der Waals surface area contributed by atoms with E-state index in [4.69, 9.17) is 9.92 Å². The van der Waals surface area contributed by atoms with Crippen molar-refractivity contribution < 1.29 is 13.8 Å². The number of hydrogen-bond donors (Lipinski definition) is 1. The van der Waals surface area contributed by atoms with Crippen molar-refractivity contribution in [1.82, 2.24) is 0 Å². The molecular weight excluding hydrogens is 298 g/mol. The van der Waals surface area contributed by atoms with E-state index in [0.29, 0.717) is 12.8 Å². The highest BCUT2D eigenvalue weighted by molar-refractivity contribution is 7.95. The first kappa shape index (κ1) is 15.3. The molecule has 0 saturated heterocycles. The van der Waals surface area contributed by atoms with E-state index in [1.165, 1.54) is 0 Å². The van der Waals surface area contributed by atoms with Crippen LogP contribution in [0.3, 0.4) is 0 Å². The number of rotatable bonds is 3. The molecule has 0 spiro atoms. The second-order valence-corrected chi connectivity index (χ2v) is 6.67. The summed E-state index contributed by atoms with van der Waals surface area (Å²) in [5.74, 6) is -0.261. The molecule has 2 aliphatic rings. The van der Waals surface area contributed by atoms with Crippen LogP contribution in [0.1, 0.15) is 42.1 Å². The lowest BCUT2D eigenvalue weighted by Gasteiger charge is -2.23. The number of Topliss-reactive ketones (excluding diaryl/α,β-unsaturated/α-hetero) is 1. The smallest absolute Gasteiger partial charge is 0.335 e. The van der Waals surface area contributed by atoms with Gasteiger partial charge in [-0.1, -0.05) is 30.3 Å². The van der Waals surface area contributed by atoms with Crippen LogP contribution in [0.4, 0.5) is 0 Å². The molecule has 4 nitrogen and oxygen atoms in total. The lowest BCUT2D eigenvalue weighted by atomic mass is 9.95. The van der Waals surface area contributed by atoms with Gasteiger partial charge in [-0.3, -0.25) is 4.79 Å². The van der Waals surface area contributed by atoms with Crippen LogP contribution in [0.15, 0.2) is 35.9 Å². The molecule has 5 heteroatoms. The van der Waals surface area contributed by atoms with Gasteiger partial charge in [-0.15, -0.1) is 0 Å². The van der Waals surface area contributed by atoms with Gasteiger partial charge >= 0.3 is 5.97 Å². The number of allylic oxidation sites excluding steroid dienone is 2. The molecule has 0 bridgehead atoms. The Bertz CT molecular complexity index is 626. The molecule has 2 atom stereocenters. The molecule has 0 aromatic heterocycles. The first-order valence-corrected chi connectivity index (χ1v) is 8.38. The first-order valence-electron chi connectivity index (χ1n) is 7.58. The lowest BCUT2D eigenvalue weighted by molar-refractivity contribution is -0.134. The summed E-state index contributed by atoms with van der Waals surface area (Å²) in [6.45, 7) is 0. The summed E-state index contributed by atoms with van der Waals surface area (Å²) >= 11 is 1.06. The van der Waals surface area contributed by atoms with E-state index >= 15 is 0 Å². The van der Waals surface area contributed by atoms with E-state index in [0.717, 1.165) is 48.0 Å². The number of carbonyl (C=O) groups excluding carboxylic acids is 2. The van der Waals surface area contributed by atoms with Crippen molar-refractivity contribution in [3.8, 4) is 0 Å². The Balaban J connectivity index is 1.84. The fourth-order valence-corrected chi connectivity index (χ4v) is 3.83. The minimum absolute atomic E-state index is 0.158. The van der Waals surface area contributed by atoms with E-state index in [-0.39, 0.29) is 11.0 Å². The zero-order valence-corrected chi connectivity index (χ0v) is 13.1. The van der Waals surface area contributed by atoms with Crippen LogP contribution in [0, 0.1) is 0 Å². The second kappa shape index (κ2) is 6.67. The summed E-state index contributed by atoms with van der Waals surface area (Å²) in [6.07, 6.45) is 5.74. The average Bonchev–Trinajstić information content (AvgIpc) is 3.05. The summed E-state index contributed by atoms with van der Waals surface area (Å²) in [5, 5.41) is -0.165. The zero-order chi connectivity index (χ0) is 15.5. The minimum Gasteiger partial charge on any atom is -0.390 e. The van der Waals surface area contributed by atoms with Gasteiger partial charge in [0.2, 0.25) is 0 Å². The summed E-state index contributed by atoms with van der Waals surface area (Å²) in [4.78, 5) is 24.2. The quantitative estimate of drug-likeness (QED) is 0.868. The number of carbonyl (C=O) groups is 2. The summed E-state index contributed by atoms with van der Waals surface area (Å²) in [5.41, 5.74) is 8.83. The molecule has 116 valence electrons. The predicted octanol–water partition coefficient (Wildman–Crippen LogP) is 2.87. The largest absolute Gasteiger partial charge is 0.390 e. The normalized spacial score (nSPS) is 24.8. The van der Waals surface area contributed by atoms with Crippen LogP contribution >= 0.6 is 12.0 Å². The molecule has 1 aliphatic heterocycles. The molecule has 1 heterocycles. The van der Waals surface area contributed by atoms with Crippen molar-refractivity contribution in [3.05, 3.63) is 47.0 Å². The number of fused-ring (bicyclic) bond motifs is 1. The Morgan fingerprint density at radius 2 is 2.18 bits per heavy atom. The molecule has 2 N–H and O–H groups in total. The molecule has 3 rings (SSSR count). The minimum atomic E-state index is -0.650. The molecule has 0 radical (unpaired) electrons. The average molecular weight is 317 g/mol. The maximum absolute atomic E-state index is 12.4. The molecule has 1 aromatic carbocycles. The van der Waals surface area contributed by atoms with Crippen LogP contribution in [-0.2, 0) is 20.2 Å². The Morgan fingerprint density at radius 3 is 2.95 bits per heavy atom. The van der Waals surface area contributed by atoms with Gasteiger partial charge < -0.3 is 9.92 Å². The van der Waals surface area contributed by atoms with E-state index in [9.17, 15) is 9.59 Å². The highest BCUT2D eigenvalue weighted by Gasteiger charge is 2.29. The van der Waals surface area contributed by atoms with E-state index in [1.807, 2.05) is 30.3 Å². The van der Waals surface area contributed by atoms with Gasteiger partial charge in [0.25, 0.3) is 0 Å². The van der Waals surface area contributed by atoms with Crippen molar-refractivity contribution >= 4 is 23.8 Å². The number of benzene rings is 1. The summed E-state index contributed by atoms with van der Waals surface area (Å²) in [7, 11) is 0. The molecule has 1 aliphatic carbocycles. The van der Waals surface area contributed by atoms with Crippen molar-refractivity contribution in [1.29, 1.82) is 0 Å². The van der Waals surface area contributed by atoms with E-state index < -0.39 is 12.0 Å².